The fourth-order valence-corrected chi connectivity index (χ4v) is 0.680. The topological polar surface area (TPSA) is 17.1 Å². The molecule has 0 aromatic rings. The van der Waals surface area contributed by atoms with E-state index in [9.17, 15) is 0 Å². The number of hydrogen-bond acceptors (Lipinski definition) is 1. The SMILES string of the molecule is [C-]1=CC=CC1.[C-]1=CC=CC1.[O]=[Zr+2]. The zero-order valence-electron chi connectivity index (χ0n) is 6.79. The monoisotopic (exact) mass is 236 g/mol. The van der Waals surface area contributed by atoms with Crippen molar-refractivity contribution in [3.05, 3.63) is 48.6 Å². The van der Waals surface area contributed by atoms with Crippen molar-refractivity contribution in [3.8, 4) is 0 Å². The fourth-order valence-electron chi connectivity index (χ4n) is 0.680. The van der Waals surface area contributed by atoms with E-state index in [1.165, 1.54) is 0 Å². The molecular weight excluding hydrogens is 227 g/mol. The second-order valence-electron chi connectivity index (χ2n) is 2.01. The standard InChI is InChI=1S/2C5H5.O.Zr/c2*1-2-4-5-3-1;;/h2*1-3H,4H2;;/q2*-1;;+2. The van der Waals surface area contributed by atoms with Crippen molar-refractivity contribution in [2.45, 2.75) is 12.8 Å². The molecular formula is C10H10OZr. The third-order valence-electron chi connectivity index (χ3n) is 1.17. The summed E-state index contributed by atoms with van der Waals surface area (Å²) >= 11 is 0.300. The van der Waals surface area contributed by atoms with E-state index in [0.29, 0.717) is 24.7 Å². The van der Waals surface area contributed by atoms with Gasteiger partial charge >= 0.3 is 27.5 Å². The van der Waals surface area contributed by atoms with Crippen molar-refractivity contribution in [1.82, 2.24) is 0 Å². The quantitative estimate of drug-likeness (QED) is 0.592. The summed E-state index contributed by atoms with van der Waals surface area (Å²) in [5, 5.41) is 0. The molecule has 0 amide bonds. The van der Waals surface area contributed by atoms with Gasteiger partial charge in [0.1, 0.15) is 0 Å². The molecule has 0 saturated carbocycles. The van der Waals surface area contributed by atoms with Crippen molar-refractivity contribution in [2.24, 2.45) is 0 Å². The summed E-state index contributed by atoms with van der Waals surface area (Å²) < 4.78 is 8.34. The molecule has 0 saturated heterocycles. The van der Waals surface area contributed by atoms with Crippen LogP contribution in [0.5, 0.6) is 0 Å². The van der Waals surface area contributed by atoms with Crippen molar-refractivity contribution in [1.29, 1.82) is 0 Å². The van der Waals surface area contributed by atoms with Gasteiger partial charge in [-0.25, -0.2) is 24.3 Å². The first-order valence-electron chi connectivity index (χ1n) is 3.64. The van der Waals surface area contributed by atoms with E-state index >= 15 is 0 Å². The number of hydrogen-bond donors (Lipinski definition) is 0. The Morgan fingerprint density at radius 1 is 0.917 bits per heavy atom. The van der Waals surface area contributed by atoms with Gasteiger partial charge in [-0.05, 0) is 0 Å². The molecule has 0 unspecified atom stereocenters. The van der Waals surface area contributed by atoms with Crippen molar-refractivity contribution >= 4 is 0 Å². The Bertz CT molecular complexity index is 160. The van der Waals surface area contributed by atoms with Gasteiger partial charge in [0.15, 0.2) is 0 Å². The van der Waals surface area contributed by atoms with Gasteiger partial charge in [-0.15, -0.1) is 12.8 Å². The predicted molar refractivity (Wildman–Crippen MR) is 43.8 cm³/mol. The molecule has 0 atom stereocenters. The summed E-state index contributed by atoms with van der Waals surface area (Å²) in [7, 11) is 0. The summed E-state index contributed by atoms with van der Waals surface area (Å²) in [6, 6.07) is 0. The van der Waals surface area contributed by atoms with E-state index < -0.39 is 0 Å². The van der Waals surface area contributed by atoms with Crippen molar-refractivity contribution in [3.63, 3.8) is 0 Å². The maximum atomic E-state index is 8.34. The molecule has 0 N–H and O–H groups in total. The van der Waals surface area contributed by atoms with Crippen LogP contribution >= 0.6 is 0 Å². The van der Waals surface area contributed by atoms with Crippen LogP contribution < -0.4 is 0 Å². The van der Waals surface area contributed by atoms with Crippen LogP contribution in [0.4, 0.5) is 0 Å². The van der Waals surface area contributed by atoms with Crippen LogP contribution in [0, 0.1) is 12.2 Å². The van der Waals surface area contributed by atoms with E-state index in [1.54, 1.807) is 0 Å². The molecule has 0 bridgehead atoms. The van der Waals surface area contributed by atoms with Crippen LogP contribution in [-0.4, -0.2) is 0 Å². The summed E-state index contributed by atoms with van der Waals surface area (Å²) in [6.45, 7) is 0. The van der Waals surface area contributed by atoms with Crippen molar-refractivity contribution in [2.75, 3.05) is 0 Å². The third-order valence-corrected chi connectivity index (χ3v) is 1.17. The first-order chi connectivity index (χ1) is 6.00. The van der Waals surface area contributed by atoms with Gasteiger partial charge in [-0.3, -0.25) is 12.2 Å². The van der Waals surface area contributed by atoms with Crippen LogP contribution in [0.25, 0.3) is 0 Å². The Kier molecular flexibility index (Phi) is 10.3. The minimum atomic E-state index is 0.300. The fraction of sp³-hybridized carbons (Fsp3) is 0.200. The molecule has 1 nitrogen and oxygen atoms in total. The molecule has 0 aromatic heterocycles. The Balaban J connectivity index is 0.000000168. The van der Waals surface area contributed by atoms with E-state index in [-0.39, 0.29) is 0 Å². The Hall–Kier alpha value is -0.357. The zero-order chi connectivity index (χ0) is 9.07. The molecule has 2 aliphatic carbocycles. The van der Waals surface area contributed by atoms with Crippen LogP contribution in [0.15, 0.2) is 36.5 Å². The molecule has 0 aromatic carbocycles. The first-order valence-corrected chi connectivity index (χ1v) is 4.64. The minimum absolute atomic E-state index is 0.300. The molecule has 0 heterocycles. The Morgan fingerprint density at radius 2 is 1.33 bits per heavy atom. The van der Waals surface area contributed by atoms with Gasteiger partial charge in [0, 0.05) is 0 Å². The van der Waals surface area contributed by atoms with E-state index in [2.05, 4.69) is 24.3 Å². The Labute approximate surface area is 88.8 Å². The summed E-state index contributed by atoms with van der Waals surface area (Å²) in [4.78, 5) is 0. The molecule has 2 heteroatoms. The van der Waals surface area contributed by atoms with Crippen LogP contribution in [0.3, 0.4) is 0 Å². The average molecular weight is 237 g/mol. The van der Waals surface area contributed by atoms with Crippen LogP contribution in [-0.2, 0) is 27.5 Å². The van der Waals surface area contributed by atoms with Gasteiger partial charge in [0.05, 0.1) is 0 Å². The average Bonchev–Trinajstić information content (AvgIpc) is 2.87. The van der Waals surface area contributed by atoms with Crippen molar-refractivity contribution < 1.29 is 27.5 Å². The summed E-state index contributed by atoms with van der Waals surface area (Å²) in [6.07, 6.45) is 20.0. The molecule has 2 aliphatic rings. The molecule has 60 valence electrons. The van der Waals surface area contributed by atoms with Crippen LogP contribution in [0.1, 0.15) is 12.8 Å². The maximum absolute atomic E-state index is 8.34. The summed E-state index contributed by atoms with van der Waals surface area (Å²) in [5.74, 6) is 0. The molecule has 0 fully saturated rings. The van der Waals surface area contributed by atoms with Gasteiger partial charge in [-0.2, -0.15) is 12.2 Å². The number of allylic oxidation sites excluding steroid dienone is 8. The van der Waals surface area contributed by atoms with Gasteiger partial charge in [-0.1, -0.05) is 0 Å². The molecule has 0 radical (unpaired) electrons. The second kappa shape index (κ2) is 10.6. The van der Waals surface area contributed by atoms with E-state index in [1.807, 2.05) is 24.3 Å². The Morgan fingerprint density at radius 3 is 1.42 bits per heavy atom. The van der Waals surface area contributed by atoms with E-state index in [4.69, 9.17) is 2.81 Å². The van der Waals surface area contributed by atoms with Crippen LogP contribution in [0.2, 0.25) is 0 Å². The third kappa shape index (κ3) is 7.75. The van der Waals surface area contributed by atoms with Gasteiger partial charge in [0.2, 0.25) is 0 Å². The first kappa shape index (κ1) is 11.6. The molecule has 2 rings (SSSR count). The second-order valence-corrected chi connectivity index (χ2v) is 2.01. The van der Waals surface area contributed by atoms with E-state index in [0.717, 1.165) is 12.8 Å². The van der Waals surface area contributed by atoms with Gasteiger partial charge < -0.3 is 0 Å². The predicted octanol–water partition coefficient (Wildman–Crippen LogP) is 2.49. The molecule has 0 aliphatic heterocycles. The zero-order valence-corrected chi connectivity index (χ0v) is 9.24. The van der Waals surface area contributed by atoms with Gasteiger partial charge in [0.25, 0.3) is 0 Å². The number of rotatable bonds is 0. The molecule has 12 heavy (non-hydrogen) atoms. The summed E-state index contributed by atoms with van der Waals surface area (Å²) in [5.41, 5.74) is 0. The normalized spacial score (nSPS) is 15.2. The molecule has 0 spiro atoms.